The van der Waals surface area contributed by atoms with Crippen molar-refractivity contribution in [2.24, 2.45) is 5.73 Å². The van der Waals surface area contributed by atoms with Crippen molar-refractivity contribution in [3.8, 4) is 0 Å². The third-order valence-corrected chi connectivity index (χ3v) is 4.58. The maximum Gasteiger partial charge on any atom is 0.406 e. The number of hydrogen-bond donors (Lipinski definition) is 1. The van der Waals surface area contributed by atoms with Gasteiger partial charge in [0.15, 0.2) is 0 Å². The van der Waals surface area contributed by atoms with E-state index in [9.17, 15) is 17.7 Å². The van der Waals surface area contributed by atoms with Gasteiger partial charge in [-0.25, -0.2) is 0 Å². The maximum atomic E-state index is 12.8. The Labute approximate surface area is 99.2 Å². The quantitative estimate of drug-likeness (QED) is 0.727. The Balaban J connectivity index is 5.02. The van der Waals surface area contributed by atoms with Gasteiger partial charge in [-0.3, -0.25) is 4.57 Å². The molecule has 1 unspecified atom stereocenters. The van der Waals surface area contributed by atoms with Gasteiger partial charge in [0.05, 0.1) is 19.4 Å². The van der Waals surface area contributed by atoms with E-state index < -0.39 is 25.5 Å². The molecular formula is C9H19F3NO3P. The molecule has 0 radical (unpaired) electrons. The predicted octanol–water partition coefficient (Wildman–Crippen LogP) is 2.92. The summed E-state index contributed by atoms with van der Waals surface area (Å²) in [6, 6.07) is 0. The minimum atomic E-state index is -4.65. The topological polar surface area (TPSA) is 61.5 Å². The van der Waals surface area contributed by atoms with E-state index in [1.54, 1.807) is 0 Å². The van der Waals surface area contributed by atoms with Crippen LogP contribution in [0.1, 0.15) is 27.2 Å². The lowest BCUT2D eigenvalue weighted by molar-refractivity contribution is -0.181. The molecule has 0 heterocycles. The molecule has 0 bridgehead atoms. The van der Waals surface area contributed by atoms with E-state index in [0.717, 1.165) is 0 Å². The molecule has 104 valence electrons. The molecule has 17 heavy (non-hydrogen) atoms. The second kappa shape index (κ2) is 6.18. The van der Waals surface area contributed by atoms with Crippen LogP contribution in [-0.4, -0.2) is 31.1 Å². The van der Waals surface area contributed by atoms with Crippen LogP contribution in [0.4, 0.5) is 13.2 Å². The molecule has 0 saturated heterocycles. The number of alkyl halides is 3. The SMILES string of the molecule is CCOP(=O)(CC(N)(CC)C(F)(F)F)OCC. The molecule has 0 aliphatic heterocycles. The van der Waals surface area contributed by atoms with Crippen LogP contribution in [0.25, 0.3) is 0 Å². The summed E-state index contributed by atoms with van der Waals surface area (Å²) in [6.07, 6.45) is -5.89. The first-order valence-electron chi connectivity index (χ1n) is 5.38. The Hall–Kier alpha value is -0.100. The second-order valence-corrected chi connectivity index (χ2v) is 5.67. The van der Waals surface area contributed by atoms with Gasteiger partial charge >= 0.3 is 13.8 Å². The highest BCUT2D eigenvalue weighted by Gasteiger charge is 2.54. The minimum Gasteiger partial charge on any atom is -0.317 e. The Morgan fingerprint density at radius 1 is 1.12 bits per heavy atom. The summed E-state index contributed by atoms with van der Waals surface area (Å²) >= 11 is 0. The third kappa shape index (κ3) is 4.58. The molecular weight excluding hydrogens is 258 g/mol. The van der Waals surface area contributed by atoms with Crippen molar-refractivity contribution in [3.05, 3.63) is 0 Å². The first-order chi connectivity index (χ1) is 7.64. The molecule has 0 aromatic heterocycles. The summed E-state index contributed by atoms with van der Waals surface area (Å²) in [5.74, 6) is 0. The van der Waals surface area contributed by atoms with Gasteiger partial charge in [0.25, 0.3) is 0 Å². The molecule has 0 aromatic carbocycles. The van der Waals surface area contributed by atoms with Gasteiger partial charge in [-0.1, -0.05) is 6.92 Å². The van der Waals surface area contributed by atoms with Gasteiger partial charge in [-0.05, 0) is 20.3 Å². The standard InChI is InChI=1S/C9H19F3NO3P/c1-4-8(13,9(10,11)12)7-17(14,15-5-2)16-6-3/h4-7,13H2,1-3H3. The number of rotatable bonds is 7. The molecule has 0 aromatic rings. The molecule has 4 nitrogen and oxygen atoms in total. The van der Waals surface area contributed by atoms with Crippen molar-refractivity contribution >= 4 is 7.60 Å². The molecule has 0 fully saturated rings. The smallest absolute Gasteiger partial charge is 0.317 e. The van der Waals surface area contributed by atoms with E-state index in [4.69, 9.17) is 14.8 Å². The van der Waals surface area contributed by atoms with Gasteiger partial charge in [0, 0.05) is 0 Å². The Bertz CT molecular complexity index is 275. The average molecular weight is 277 g/mol. The van der Waals surface area contributed by atoms with E-state index in [1.165, 1.54) is 20.8 Å². The summed E-state index contributed by atoms with van der Waals surface area (Å²) in [7, 11) is -3.80. The van der Waals surface area contributed by atoms with Crippen LogP contribution >= 0.6 is 7.60 Å². The van der Waals surface area contributed by atoms with Crippen LogP contribution in [0.2, 0.25) is 0 Å². The Morgan fingerprint density at radius 2 is 1.53 bits per heavy atom. The first kappa shape index (κ1) is 16.9. The van der Waals surface area contributed by atoms with E-state index in [2.05, 4.69) is 0 Å². The lowest BCUT2D eigenvalue weighted by Gasteiger charge is -2.33. The summed E-state index contributed by atoms with van der Waals surface area (Å²) in [5.41, 5.74) is 2.72. The molecule has 0 amide bonds. The maximum absolute atomic E-state index is 12.8. The highest BCUT2D eigenvalue weighted by molar-refractivity contribution is 7.53. The molecule has 0 spiro atoms. The van der Waals surface area contributed by atoms with Crippen LogP contribution in [0.15, 0.2) is 0 Å². The summed E-state index contributed by atoms with van der Waals surface area (Å²) in [4.78, 5) is 0. The third-order valence-electron chi connectivity index (χ3n) is 2.32. The zero-order valence-electron chi connectivity index (χ0n) is 10.2. The van der Waals surface area contributed by atoms with Gasteiger partial charge in [-0.2, -0.15) is 13.2 Å². The number of nitrogens with two attached hydrogens (primary N) is 1. The largest absolute Gasteiger partial charge is 0.406 e. The highest BCUT2D eigenvalue weighted by atomic mass is 31.2. The lowest BCUT2D eigenvalue weighted by Crippen LogP contribution is -2.55. The van der Waals surface area contributed by atoms with E-state index in [0.29, 0.717) is 0 Å². The van der Waals surface area contributed by atoms with Crippen molar-refractivity contribution < 1.29 is 26.8 Å². The fourth-order valence-electron chi connectivity index (χ4n) is 1.27. The van der Waals surface area contributed by atoms with Crippen molar-refractivity contribution in [2.75, 3.05) is 19.4 Å². The number of hydrogen-bond acceptors (Lipinski definition) is 4. The molecule has 1 atom stereocenters. The van der Waals surface area contributed by atoms with E-state index in [-0.39, 0.29) is 19.6 Å². The fourth-order valence-corrected chi connectivity index (χ4v) is 3.41. The van der Waals surface area contributed by atoms with Crippen molar-refractivity contribution in [3.63, 3.8) is 0 Å². The van der Waals surface area contributed by atoms with Crippen LogP contribution < -0.4 is 5.73 Å². The highest BCUT2D eigenvalue weighted by Crippen LogP contribution is 2.53. The molecule has 0 saturated carbocycles. The molecule has 2 N–H and O–H groups in total. The first-order valence-corrected chi connectivity index (χ1v) is 7.10. The summed E-state index contributed by atoms with van der Waals surface area (Å²) in [5, 5.41) is 0. The van der Waals surface area contributed by atoms with Crippen molar-refractivity contribution in [2.45, 2.75) is 38.9 Å². The predicted molar refractivity (Wildman–Crippen MR) is 59.0 cm³/mol. The summed E-state index contributed by atoms with van der Waals surface area (Å²) < 4.78 is 59.9. The zero-order chi connectivity index (χ0) is 13.7. The van der Waals surface area contributed by atoms with Gasteiger partial charge in [0.2, 0.25) is 0 Å². The molecule has 0 aliphatic carbocycles. The van der Waals surface area contributed by atoms with Gasteiger partial charge < -0.3 is 14.8 Å². The van der Waals surface area contributed by atoms with Crippen LogP contribution in [0.3, 0.4) is 0 Å². The van der Waals surface area contributed by atoms with Crippen LogP contribution in [-0.2, 0) is 13.6 Å². The number of halogens is 3. The van der Waals surface area contributed by atoms with Crippen LogP contribution in [0.5, 0.6) is 0 Å². The fraction of sp³-hybridized carbons (Fsp3) is 1.00. The molecule has 0 aliphatic rings. The second-order valence-electron chi connectivity index (χ2n) is 3.61. The Morgan fingerprint density at radius 3 is 1.76 bits per heavy atom. The molecule has 0 rings (SSSR count). The van der Waals surface area contributed by atoms with Gasteiger partial charge in [0.1, 0.15) is 5.54 Å². The normalized spacial score (nSPS) is 16.9. The van der Waals surface area contributed by atoms with E-state index >= 15 is 0 Å². The van der Waals surface area contributed by atoms with Crippen molar-refractivity contribution in [1.82, 2.24) is 0 Å². The summed E-state index contributed by atoms with van der Waals surface area (Å²) in [6.45, 7) is 4.37. The molecule has 8 heteroatoms. The monoisotopic (exact) mass is 277 g/mol. The zero-order valence-corrected chi connectivity index (χ0v) is 11.1. The average Bonchev–Trinajstić information content (AvgIpc) is 2.16. The Kier molecular flexibility index (Phi) is 6.14. The lowest BCUT2D eigenvalue weighted by atomic mass is 10.00. The van der Waals surface area contributed by atoms with Crippen LogP contribution in [0, 0.1) is 0 Å². The minimum absolute atomic E-state index is 0.00886. The van der Waals surface area contributed by atoms with Crippen molar-refractivity contribution in [1.29, 1.82) is 0 Å². The van der Waals surface area contributed by atoms with Gasteiger partial charge in [-0.15, -0.1) is 0 Å². The van der Waals surface area contributed by atoms with E-state index in [1.807, 2.05) is 0 Å².